The van der Waals surface area contributed by atoms with Crippen molar-refractivity contribution in [2.24, 2.45) is 0 Å². The number of hydrogen-bond acceptors (Lipinski definition) is 3. The molecule has 0 bridgehead atoms. The standard InChI is InChI=1S/C17H11FN2O2/c18-12-5-3-4-11(8-12)9-20-10-19-15-13-6-1-2-7-14(13)22-16(15)17(20)21/h1-8,10H,9H2. The fourth-order valence-electron chi connectivity index (χ4n) is 2.56. The van der Waals surface area contributed by atoms with Crippen LogP contribution in [-0.4, -0.2) is 9.55 Å². The van der Waals surface area contributed by atoms with Crippen LogP contribution in [0, 0.1) is 5.82 Å². The molecule has 0 atom stereocenters. The van der Waals surface area contributed by atoms with Crippen LogP contribution in [0.3, 0.4) is 0 Å². The van der Waals surface area contributed by atoms with Gasteiger partial charge in [0.1, 0.15) is 16.9 Å². The molecule has 0 unspecified atom stereocenters. The molecule has 108 valence electrons. The minimum atomic E-state index is -0.330. The smallest absolute Gasteiger partial charge is 0.297 e. The van der Waals surface area contributed by atoms with Gasteiger partial charge < -0.3 is 4.42 Å². The maximum absolute atomic E-state index is 13.2. The summed E-state index contributed by atoms with van der Waals surface area (Å²) in [5.41, 5.74) is 1.83. The molecule has 0 N–H and O–H groups in total. The average molecular weight is 294 g/mol. The van der Waals surface area contributed by atoms with Crippen LogP contribution in [0.15, 0.2) is 64.1 Å². The normalized spacial score (nSPS) is 11.3. The number of aromatic nitrogens is 2. The fraction of sp³-hybridized carbons (Fsp3) is 0.0588. The minimum absolute atomic E-state index is 0.222. The second-order valence-corrected chi connectivity index (χ2v) is 5.08. The Bertz CT molecular complexity index is 1050. The van der Waals surface area contributed by atoms with Gasteiger partial charge in [-0.15, -0.1) is 0 Å². The van der Waals surface area contributed by atoms with Crippen LogP contribution in [0.1, 0.15) is 5.56 Å². The lowest BCUT2D eigenvalue weighted by Crippen LogP contribution is -2.20. The van der Waals surface area contributed by atoms with E-state index in [9.17, 15) is 9.18 Å². The molecule has 4 rings (SSSR count). The van der Waals surface area contributed by atoms with Gasteiger partial charge in [0.05, 0.1) is 12.9 Å². The van der Waals surface area contributed by atoms with Gasteiger partial charge in [0.15, 0.2) is 0 Å². The predicted octanol–water partition coefficient (Wildman–Crippen LogP) is 3.33. The molecule has 4 nitrogen and oxygen atoms in total. The first-order valence-corrected chi connectivity index (χ1v) is 6.83. The van der Waals surface area contributed by atoms with E-state index in [4.69, 9.17) is 4.42 Å². The molecule has 0 fully saturated rings. The molecule has 0 aliphatic rings. The molecule has 0 saturated heterocycles. The molecule has 0 spiro atoms. The summed E-state index contributed by atoms with van der Waals surface area (Å²) >= 11 is 0. The summed E-state index contributed by atoms with van der Waals surface area (Å²) in [7, 11) is 0. The Balaban J connectivity index is 1.87. The number of hydrogen-bond donors (Lipinski definition) is 0. The predicted molar refractivity (Wildman–Crippen MR) is 81.3 cm³/mol. The summed E-state index contributed by atoms with van der Waals surface area (Å²) in [6.07, 6.45) is 1.47. The second-order valence-electron chi connectivity index (χ2n) is 5.08. The van der Waals surface area contributed by atoms with Crippen molar-refractivity contribution < 1.29 is 8.81 Å². The Morgan fingerprint density at radius 3 is 2.86 bits per heavy atom. The van der Waals surface area contributed by atoms with Crippen molar-refractivity contribution in [3.8, 4) is 0 Å². The van der Waals surface area contributed by atoms with Crippen molar-refractivity contribution >= 4 is 22.1 Å². The molecule has 0 aliphatic heterocycles. The first kappa shape index (κ1) is 12.8. The zero-order chi connectivity index (χ0) is 15.1. The summed E-state index contributed by atoms with van der Waals surface area (Å²) in [6.45, 7) is 0.247. The first-order valence-electron chi connectivity index (χ1n) is 6.83. The summed E-state index contributed by atoms with van der Waals surface area (Å²) < 4.78 is 20.3. The number of furan rings is 1. The number of benzene rings is 2. The third-order valence-corrected chi connectivity index (χ3v) is 3.59. The van der Waals surface area contributed by atoms with E-state index in [0.717, 1.165) is 5.39 Å². The number of rotatable bonds is 2. The van der Waals surface area contributed by atoms with Crippen molar-refractivity contribution in [1.82, 2.24) is 9.55 Å². The highest BCUT2D eigenvalue weighted by molar-refractivity contribution is 6.01. The van der Waals surface area contributed by atoms with Gasteiger partial charge in [-0.2, -0.15) is 0 Å². The van der Waals surface area contributed by atoms with Gasteiger partial charge in [-0.25, -0.2) is 9.37 Å². The zero-order valence-electron chi connectivity index (χ0n) is 11.5. The van der Waals surface area contributed by atoms with Crippen LogP contribution >= 0.6 is 0 Å². The van der Waals surface area contributed by atoms with Crippen molar-refractivity contribution in [3.05, 3.63) is 76.6 Å². The summed E-state index contributed by atoms with van der Waals surface area (Å²) in [4.78, 5) is 16.8. The molecule has 2 heterocycles. The van der Waals surface area contributed by atoms with E-state index in [1.807, 2.05) is 18.2 Å². The van der Waals surface area contributed by atoms with E-state index in [1.54, 1.807) is 18.2 Å². The van der Waals surface area contributed by atoms with Crippen molar-refractivity contribution in [2.75, 3.05) is 0 Å². The maximum Gasteiger partial charge on any atom is 0.297 e. The Hall–Kier alpha value is -2.95. The minimum Gasteiger partial charge on any atom is -0.448 e. The molecule has 0 saturated carbocycles. The summed E-state index contributed by atoms with van der Waals surface area (Å²) in [5, 5.41) is 0.813. The largest absolute Gasteiger partial charge is 0.448 e. The third-order valence-electron chi connectivity index (χ3n) is 3.59. The number of fused-ring (bicyclic) bond motifs is 3. The first-order chi connectivity index (χ1) is 10.7. The molecule has 2 aromatic carbocycles. The van der Waals surface area contributed by atoms with Crippen LogP contribution in [0.4, 0.5) is 4.39 Å². The van der Waals surface area contributed by atoms with Crippen LogP contribution in [0.25, 0.3) is 22.1 Å². The van der Waals surface area contributed by atoms with Gasteiger partial charge in [-0.3, -0.25) is 9.36 Å². The lowest BCUT2D eigenvalue weighted by molar-refractivity contribution is 0.620. The van der Waals surface area contributed by atoms with E-state index in [1.165, 1.54) is 23.0 Å². The van der Waals surface area contributed by atoms with Gasteiger partial charge in [-0.1, -0.05) is 24.3 Å². The molecular formula is C17H11FN2O2. The van der Waals surface area contributed by atoms with Crippen LogP contribution in [0.2, 0.25) is 0 Å². The van der Waals surface area contributed by atoms with Crippen molar-refractivity contribution in [2.45, 2.75) is 6.54 Å². The van der Waals surface area contributed by atoms with E-state index >= 15 is 0 Å². The number of para-hydroxylation sites is 1. The van der Waals surface area contributed by atoms with E-state index < -0.39 is 0 Å². The molecule has 0 amide bonds. The van der Waals surface area contributed by atoms with Gasteiger partial charge in [0.25, 0.3) is 5.56 Å². The van der Waals surface area contributed by atoms with Gasteiger partial charge in [0.2, 0.25) is 5.58 Å². The highest BCUT2D eigenvalue weighted by atomic mass is 19.1. The average Bonchev–Trinajstić information content (AvgIpc) is 2.90. The molecule has 22 heavy (non-hydrogen) atoms. The molecule has 2 aromatic heterocycles. The van der Waals surface area contributed by atoms with E-state index in [-0.39, 0.29) is 23.5 Å². The Morgan fingerprint density at radius 1 is 1.14 bits per heavy atom. The lowest BCUT2D eigenvalue weighted by atomic mass is 10.2. The second kappa shape index (κ2) is 4.80. The molecule has 4 aromatic rings. The Morgan fingerprint density at radius 2 is 2.00 bits per heavy atom. The van der Waals surface area contributed by atoms with Crippen LogP contribution in [0.5, 0.6) is 0 Å². The Kier molecular flexibility index (Phi) is 2.79. The summed E-state index contributed by atoms with van der Waals surface area (Å²) in [5.74, 6) is -0.330. The van der Waals surface area contributed by atoms with E-state index in [2.05, 4.69) is 4.98 Å². The highest BCUT2D eigenvalue weighted by Crippen LogP contribution is 2.24. The fourth-order valence-corrected chi connectivity index (χ4v) is 2.56. The topological polar surface area (TPSA) is 48.0 Å². The number of nitrogens with zero attached hydrogens (tertiary/aromatic N) is 2. The number of halogens is 1. The third kappa shape index (κ3) is 1.98. The van der Waals surface area contributed by atoms with Gasteiger partial charge in [-0.05, 0) is 29.8 Å². The molecule has 5 heteroatoms. The summed E-state index contributed by atoms with van der Waals surface area (Å²) in [6, 6.07) is 13.5. The highest BCUT2D eigenvalue weighted by Gasteiger charge is 2.13. The quantitative estimate of drug-likeness (QED) is 0.570. The van der Waals surface area contributed by atoms with Crippen LogP contribution in [-0.2, 0) is 6.54 Å². The molecule has 0 aliphatic carbocycles. The SMILES string of the molecule is O=c1c2oc3ccccc3c2ncn1Cc1cccc(F)c1. The maximum atomic E-state index is 13.2. The monoisotopic (exact) mass is 294 g/mol. The van der Waals surface area contributed by atoms with Gasteiger partial charge >= 0.3 is 0 Å². The molecule has 0 radical (unpaired) electrons. The Labute approximate surface area is 124 Å². The van der Waals surface area contributed by atoms with Gasteiger partial charge in [0, 0.05) is 5.39 Å². The van der Waals surface area contributed by atoms with Crippen molar-refractivity contribution in [3.63, 3.8) is 0 Å². The van der Waals surface area contributed by atoms with Crippen LogP contribution < -0.4 is 5.56 Å². The lowest BCUT2D eigenvalue weighted by Gasteiger charge is -2.04. The molecular weight excluding hydrogens is 283 g/mol. The van der Waals surface area contributed by atoms with E-state index in [0.29, 0.717) is 16.7 Å². The zero-order valence-corrected chi connectivity index (χ0v) is 11.5. The van der Waals surface area contributed by atoms with Crippen molar-refractivity contribution in [1.29, 1.82) is 0 Å².